The fraction of sp³-hybridized carbons (Fsp3) is 0.833. The van der Waals surface area contributed by atoms with Gasteiger partial charge in [-0.3, -0.25) is 9.59 Å². The summed E-state index contributed by atoms with van der Waals surface area (Å²) in [6.45, 7) is 2.05. The van der Waals surface area contributed by atoms with E-state index in [1.54, 1.807) is 4.90 Å². The van der Waals surface area contributed by atoms with Crippen LogP contribution in [0, 0.1) is 5.92 Å². The van der Waals surface area contributed by atoms with E-state index in [2.05, 4.69) is 0 Å². The zero-order chi connectivity index (χ0) is 13.0. The topological polar surface area (TPSA) is 76.1 Å². The molecule has 0 bridgehead atoms. The van der Waals surface area contributed by atoms with E-state index in [0.717, 1.165) is 19.4 Å². The van der Waals surface area contributed by atoms with E-state index in [4.69, 9.17) is 14.6 Å². The van der Waals surface area contributed by atoms with E-state index in [9.17, 15) is 9.59 Å². The normalized spacial score (nSPS) is 27.7. The number of hydrogen-bond acceptors (Lipinski definition) is 4. The lowest BCUT2D eigenvalue weighted by Gasteiger charge is -2.16. The minimum atomic E-state index is -0.828. The van der Waals surface area contributed by atoms with Gasteiger partial charge in [-0.1, -0.05) is 0 Å². The van der Waals surface area contributed by atoms with Gasteiger partial charge in [0.2, 0.25) is 5.91 Å². The molecule has 2 aliphatic heterocycles. The first-order valence-corrected chi connectivity index (χ1v) is 6.36. The standard InChI is InChI=1S/C12H19NO5/c14-11(8-17-7-10-2-1-5-18-10)13-4-3-9(6-13)12(15)16/h9-10H,1-8H2,(H,15,16)/t9-,10-/m1/s1. The molecule has 0 unspecified atom stereocenters. The molecule has 0 aliphatic carbocycles. The van der Waals surface area contributed by atoms with Gasteiger partial charge < -0.3 is 19.5 Å². The van der Waals surface area contributed by atoms with Gasteiger partial charge in [0.05, 0.1) is 18.6 Å². The van der Waals surface area contributed by atoms with Gasteiger partial charge in [-0.25, -0.2) is 0 Å². The van der Waals surface area contributed by atoms with Gasteiger partial charge in [0, 0.05) is 19.7 Å². The Morgan fingerprint density at radius 3 is 2.83 bits per heavy atom. The van der Waals surface area contributed by atoms with Crippen LogP contribution in [0.1, 0.15) is 19.3 Å². The third-order valence-electron chi connectivity index (χ3n) is 3.44. The molecule has 2 rings (SSSR count). The third-order valence-corrected chi connectivity index (χ3v) is 3.44. The molecule has 2 heterocycles. The van der Waals surface area contributed by atoms with Crippen LogP contribution in [0.4, 0.5) is 0 Å². The van der Waals surface area contributed by atoms with Gasteiger partial charge in [0.1, 0.15) is 6.61 Å². The van der Waals surface area contributed by atoms with E-state index in [-0.39, 0.29) is 18.6 Å². The summed E-state index contributed by atoms with van der Waals surface area (Å²) in [6.07, 6.45) is 2.68. The van der Waals surface area contributed by atoms with Crippen molar-refractivity contribution in [1.29, 1.82) is 0 Å². The molecular weight excluding hydrogens is 238 g/mol. The number of carbonyl (C=O) groups excluding carboxylic acids is 1. The summed E-state index contributed by atoms with van der Waals surface area (Å²) in [6, 6.07) is 0. The minimum absolute atomic E-state index is 0.0200. The van der Waals surface area contributed by atoms with Crippen LogP contribution in [0.25, 0.3) is 0 Å². The summed E-state index contributed by atoms with van der Waals surface area (Å²) in [5, 5.41) is 8.85. The zero-order valence-corrected chi connectivity index (χ0v) is 10.3. The highest BCUT2D eigenvalue weighted by atomic mass is 16.5. The molecule has 0 aromatic heterocycles. The second-order valence-corrected chi connectivity index (χ2v) is 4.81. The molecule has 0 aromatic rings. The van der Waals surface area contributed by atoms with Crippen molar-refractivity contribution in [3.05, 3.63) is 0 Å². The summed E-state index contributed by atoms with van der Waals surface area (Å²) in [5.41, 5.74) is 0. The van der Waals surface area contributed by atoms with E-state index in [1.165, 1.54) is 0 Å². The van der Waals surface area contributed by atoms with Gasteiger partial charge in [0.25, 0.3) is 0 Å². The van der Waals surface area contributed by atoms with Crippen molar-refractivity contribution in [3.8, 4) is 0 Å². The van der Waals surface area contributed by atoms with Crippen LogP contribution in [0.3, 0.4) is 0 Å². The molecule has 0 saturated carbocycles. The van der Waals surface area contributed by atoms with Crippen LogP contribution < -0.4 is 0 Å². The molecule has 1 N–H and O–H groups in total. The Labute approximate surface area is 106 Å². The van der Waals surface area contributed by atoms with Gasteiger partial charge in [-0.05, 0) is 19.3 Å². The molecule has 2 fully saturated rings. The minimum Gasteiger partial charge on any atom is -0.481 e. The summed E-state index contributed by atoms with van der Waals surface area (Å²) >= 11 is 0. The van der Waals surface area contributed by atoms with Crippen LogP contribution in [-0.4, -0.2) is 60.9 Å². The van der Waals surface area contributed by atoms with Crippen LogP contribution in [0.2, 0.25) is 0 Å². The molecule has 1 amide bonds. The molecule has 18 heavy (non-hydrogen) atoms. The lowest BCUT2D eigenvalue weighted by atomic mass is 10.1. The Kier molecular flexibility index (Phi) is 4.54. The number of carboxylic acid groups (broad SMARTS) is 1. The van der Waals surface area contributed by atoms with E-state index < -0.39 is 11.9 Å². The first kappa shape index (κ1) is 13.3. The number of hydrogen-bond donors (Lipinski definition) is 1. The largest absolute Gasteiger partial charge is 0.481 e. The van der Waals surface area contributed by atoms with Crippen molar-refractivity contribution in [2.24, 2.45) is 5.92 Å². The number of rotatable bonds is 5. The highest BCUT2D eigenvalue weighted by Crippen LogP contribution is 2.16. The number of nitrogens with zero attached hydrogens (tertiary/aromatic N) is 1. The fourth-order valence-corrected chi connectivity index (χ4v) is 2.33. The number of carbonyl (C=O) groups is 2. The molecule has 2 aliphatic rings. The average molecular weight is 257 g/mol. The Morgan fingerprint density at radius 1 is 1.39 bits per heavy atom. The smallest absolute Gasteiger partial charge is 0.308 e. The summed E-state index contributed by atoms with van der Waals surface area (Å²) in [7, 11) is 0. The Morgan fingerprint density at radius 2 is 2.22 bits per heavy atom. The quantitative estimate of drug-likeness (QED) is 0.756. The molecule has 6 nitrogen and oxygen atoms in total. The SMILES string of the molecule is O=C(O)[C@@H]1CCN(C(=O)COC[C@H]2CCCO2)C1. The second-order valence-electron chi connectivity index (χ2n) is 4.81. The van der Waals surface area contributed by atoms with Crippen LogP contribution >= 0.6 is 0 Å². The maximum absolute atomic E-state index is 11.8. The van der Waals surface area contributed by atoms with Crippen molar-refractivity contribution in [3.63, 3.8) is 0 Å². The van der Waals surface area contributed by atoms with Gasteiger partial charge >= 0.3 is 5.97 Å². The Hall–Kier alpha value is -1.14. The monoisotopic (exact) mass is 257 g/mol. The number of likely N-dealkylation sites (tertiary alicyclic amines) is 1. The lowest BCUT2D eigenvalue weighted by Crippen LogP contribution is -2.33. The summed E-state index contributed by atoms with van der Waals surface area (Å²) in [4.78, 5) is 24.1. The van der Waals surface area contributed by atoms with Gasteiger partial charge in [-0.15, -0.1) is 0 Å². The van der Waals surface area contributed by atoms with Crippen molar-refractivity contribution in [2.75, 3.05) is 32.9 Å². The third kappa shape index (κ3) is 3.43. The van der Waals surface area contributed by atoms with Gasteiger partial charge in [0.15, 0.2) is 0 Å². The van der Waals surface area contributed by atoms with Crippen LogP contribution in [0.15, 0.2) is 0 Å². The van der Waals surface area contributed by atoms with Crippen molar-refractivity contribution >= 4 is 11.9 Å². The number of carboxylic acids is 1. The summed E-state index contributed by atoms with van der Waals surface area (Å²) < 4.78 is 10.7. The van der Waals surface area contributed by atoms with Crippen LogP contribution in [0.5, 0.6) is 0 Å². The molecule has 102 valence electrons. The highest BCUT2D eigenvalue weighted by molar-refractivity contribution is 5.79. The van der Waals surface area contributed by atoms with E-state index >= 15 is 0 Å². The average Bonchev–Trinajstić information content (AvgIpc) is 2.99. The maximum Gasteiger partial charge on any atom is 0.308 e. The predicted molar refractivity (Wildman–Crippen MR) is 62.1 cm³/mol. The number of aliphatic carboxylic acids is 1. The molecule has 2 saturated heterocycles. The molecular formula is C12H19NO5. The zero-order valence-electron chi connectivity index (χ0n) is 10.3. The van der Waals surface area contributed by atoms with Crippen LogP contribution in [-0.2, 0) is 19.1 Å². The first-order valence-electron chi connectivity index (χ1n) is 6.36. The van der Waals surface area contributed by atoms with Crippen molar-refractivity contribution in [2.45, 2.75) is 25.4 Å². The maximum atomic E-state index is 11.8. The van der Waals surface area contributed by atoms with Crippen molar-refractivity contribution < 1.29 is 24.2 Å². The molecule has 0 spiro atoms. The first-order chi connectivity index (χ1) is 8.66. The number of ether oxygens (including phenoxy) is 2. The predicted octanol–water partition coefficient (Wildman–Crippen LogP) is 0.115. The summed E-state index contributed by atoms with van der Waals surface area (Å²) in [5.74, 6) is -1.38. The molecule has 6 heteroatoms. The Balaban J connectivity index is 1.64. The van der Waals surface area contributed by atoms with E-state index in [1.807, 2.05) is 0 Å². The lowest BCUT2D eigenvalue weighted by molar-refractivity contribution is -0.141. The molecule has 0 aromatic carbocycles. The Bertz CT molecular complexity index is 314. The van der Waals surface area contributed by atoms with E-state index in [0.29, 0.717) is 26.1 Å². The van der Waals surface area contributed by atoms with Crippen molar-refractivity contribution in [1.82, 2.24) is 4.90 Å². The highest BCUT2D eigenvalue weighted by Gasteiger charge is 2.30. The molecule has 0 radical (unpaired) electrons. The number of amides is 1. The van der Waals surface area contributed by atoms with Gasteiger partial charge in [-0.2, -0.15) is 0 Å². The fourth-order valence-electron chi connectivity index (χ4n) is 2.33. The molecule has 2 atom stereocenters. The second kappa shape index (κ2) is 6.15.